The molecular weight excluding hydrogens is 402 g/mol. The molecule has 0 aliphatic heterocycles. The van der Waals surface area contributed by atoms with E-state index >= 15 is 0 Å². The Balaban J connectivity index is 2.08. The Morgan fingerprint density at radius 3 is 1.75 bits per heavy atom. The predicted octanol–water partition coefficient (Wildman–Crippen LogP) is 7.86. The van der Waals surface area contributed by atoms with E-state index in [0.29, 0.717) is 12.1 Å². The molecule has 182 valence electrons. The average molecular weight is 448 g/mol. The lowest BCUT2D eigenvalue weighted by atomic mass is 10.0. The largest absolute Gasteiger partial charge is 0.376 e. The molecule has 1 rings (SSSR count). The molecule has 0 saturated heterocycles. The zero-order valence-electron chi connectivity index (χ0n) is 20.7. The molecular formula is C26H45N3O3. The monoisotopic (exact) mass is 447 g/mol. The number of nitrogens with zero attached hydrogens (tertiary/aromatic N) is 2. The number of amides is 1. The standard InChI is InChI=1S/C26H45N3O3/c1-4-5-6-7-8-9-10-11-12-13-14-15-16-17-18-19-26(30)27-24-22-23(29(31)32)20-21-25(24)28(2)3/h20-22H,4-19H2,1-3H3,(H,27,30). The molecule has 0 unspecified atom stereocenters. The zero-order chi connectivity index (χ0) is 23.6. The fourth-order valence-electron chi connectivity index (χ4n) is 4.00. The van der Waals surface area contributed by atoms with E-state index in [1.165, 1.54) is 95.6 Å². The maximum Gasteiger partial charge on any atom is 0.271 e. The zero-order valence-corrected chi connectivity index (χ0v) is 20.7. The molecule has 0 radical (unpaired) electrons. The topological polar surface area (TPSA) is 75.5 Å². The van der Waals surface area contributed by atoms with Crippen molar-refractivity contribution in [3.05, 3.63) is 28.3 Å². The van der Waals surface area contributed by atoms with Gasteiger partial charge in [-0.2, -0.15) is 0 Å². The van der Waals surface area contributed by atoms with Gasteiger partial charge in [0.1, 0.15) is 0 Å². The summed E-state index contributed by atoms with van der Waals surface area (Å²) in [6, 6.07) is 4.56. The van der Waals surface area contributed by atoms with E-state index < -0.39 is 4.92 Å². The van der Waals surface area contributed by atoms with Crippen molar-refractivity contribution in [3.8, 4) is 0 Å². The van der Waals surface area contributed by atoms with Crippen molar-refractivity contribution in [3.63, 3.8) is 0 Å². The van der Waals surface area contributed by atoms with Gasteiger partial charge in [-0.05, 0) is 12.5 Å². The van der Waals surface area contributed by atoms with Gasteiger partial charge in [-0.3, -0.25) is 14.9 Å². The molecule has 1 aromatic carbocycles. The fraction of sp³-hybridized carbons (Fsp3) is 0.731. The highest BCUT2D eigenvalue weighted by atomic mass is 16.6. The quantitative estimate of drug-likeness (QED) is 0.133. The Morgan fingerprint density at radius 2 is 1.31 bits per heavy atom. The van der Waals surface area contributed by atoms with Crippen LogP contribution < -0.4 is 10.2 Å². The van der Waals surface area contributed by atoms with Crippen LogP contribution in [0.25, 0.3) is 0 Å². The molecule has 0 saturated carbocycles. The summed E-state index contributed by atoms with van der Waals surface area (Å²) in [6.45, 7) is 2.26. The van der Waals surface area contributed by atoms with Gasteiger partial charge in [-0.15, -0.1) is 0 Å². The second-order valence-corrected chi connectivity index (χ2v) is 9.10. The molecule has 6 heteroatoms. The summed E-state index contributed by atoms with van der Waals surface area (Å²) in [5, 5.41) is 13.9. The molecule has 0 spiro atoms. The molecule has 6 nitrogen and oxygen atoms in total. The Hall–Kier alpha value is -2.11. The van der Waals surface area contributed by atoms with Gasteiger partial charge < -0.3 is 10.2 Å². The minimum Gasteiger partial charge on any atom is -0.376 e. The number of benzene rings is 1. The number of carbonyl (C=O) groups is 1. The van der Waals surface area contributed by atoms with Crippen LogP contribution in [0.5, 0.6) is 0 Å². The lowest BCUT2D eigenvalue weighted by Crippen LogP contribution is -2.16. The lowest BCUT2D eigenvalue weighted by Gasteiger charge is -2.17. The number of unbranched alkanes of at least 4 members (excludes halogenated alkanes) is 14. The van der Waals surface area contributed by atoms with Crippen molar-refractivity contribution in [2.24, 2.45) is 0 Å². The van der Waals surface area contributed by atoms with Crippen LogP contribution in [-0.4, -0.2) is 24.9 Å². The van der Waals surface area contributed by atoms with Crippen molar-refractivity contribution >= 4 is 23.0 Å². The summed E-state index contributed by atoms with van der Waals surface area (Å²) in [7, 11) is 3.71. The molecule has 0 fully saturated rings. The molecule has 1 aromatic rings. The molecule has 0 bridgehead atoms. The van der Waals surface area contributed by atoms with Crippen LogP contribution in [0.3, 0.4) is 0 Å². The second kappa shape index (κ2) is 17.4. The van der Waals surface area contributed by atoms with Gasteiger partial charge in [0.2, 0.25) is 5.91 Å². The molecule has 0 aliphatic carbocycles. The third-order valence-electron chi connectivity index (χ3n) is 5.95. The minimum absolute atomic E-state index is 0.0159. The number of non-ortho nitro benzene ring substituents is 1. The van der Waals surface area contributed by atoms with E-state index in [-0.39, 0.29) is 11.6 Å². The van der Waals surface area contributed by atoms with Crippen LogP contribution in [-0.2, 0) is 4.79 Å². The second-order valence-electron chi connectivity index (χ2n) is 9.10. The van der Waals surface area contributed by atoms with Gasteiger partial charge in [0.25, 0.3) is 5.69 Å². The van der Waals surface area contributed by atoms with Crippen LogP contribution in [0.1, 0.15) is 110 Å². The first kappa shape index (κ1) is 27.9. The van der Waals surface area contributed by atoms with E-state index in [2.05, 4.69) is 12.2 Å². The Morgan fingerprint density at radius 1 is 0.844 bits per heavy atom. The van der Waals surface area contributed by atoms with Crippen LogP contribution in [0, 0.1) is 10.1 Å². The lowest BCUT2D eigenvalue weighted by molar-refractivity contribution is -0.384. The van der Waals surface area contributed by atoms with Crippen LogP contribution in [0.15, 0.2) is 18.2 Å². The third kappa shape index (κ3) is 12.7. The number of nitro groups is 1. The highest BCUT2D eigenvalue weighted by Gasteiger charge is 2.14. The molecule has 32 heavy (non-hydrogen) atoms. The third-order valence-corrected chi connectivity index (χ3v) is 5.95. The maximum atomic E-state index is 12.3. The maximum absolute atomic E-state index is 12.3. The molecule has 0 atom stereocenters. The van der Waals surface area contributed by atoms with E-state index in [0.717, 1.165) is 18.5 Å². The van der Waals surface area contributed by atoms with Gasteiger partial charge in [0.05, 0.1) is 16.3 Å². The van der Waals surface area contributed by atoms with Gasteiger partial charge in [-0.25, -0.2) is 0 Å². The normalized spacial score (nSPS) is 10.8. The number of nitro benzene ring substituents is 1. The number of hydrogen-bond donors (Lipinski definition) is 1. The molecule has 0 heterocycles. The number of rotatable bonds is 19. The molecule has 0 aliphatic rings. The Labute approximate surface area is 195 Å². The smallest absolute Gasteiger partial charge is 0.271 e. The first-order chi connectivity index (χ1) is 15.5. The van der Waals surface area contributed by atoms with Gasteiger partial charge in [0, 0.05) is 32.6 Å². The van der Waals surface area contributed by atoms with Crippen LogP contribution >= 0.6 is 0 Å². The number of carbonyl (C=O) groups excluding carboxylic acids is 1. The van der Waals surface area contributed by atoms with Gasteiger partial charge >= 0.3 is 0 Å². The molecule has 0 aromatic heterocycles. The molecule has 1 amide bonds. The Kier molecular flexibility index (Phi) is 15.2. The summed E-state index contributed by atoms with van der Waals surface area (Å²) in [5.41, 5.74) is 1.24. The van der Waals surface area contributed by atoms with E-state index in [1.807, 2.05) is 19.0 Å². The van der Waals surface area contributed by atoms with Crippen molar-refractivity contribution < 1.29 is 9.72 Å². The van der Waals surface area contributed by atoms with Crippen molar-refractivity contribution in [2.75, 3.05) is 24.3 Å². The minimum atomic E-state index is -0.441. The predicted molar refractivity (Wildman–Crippen MR) is 136 cm³/mol. The number of anilines is 2. The van der Waals surface area contributed by atoms with E-state index in [4.69, 9.17) is 0 Å². The van der Waals surface area contributed by atoms with Crippen LogP contribution in [0.4, 0.5) is 17.1 Å². The van der Waals surface area contributed by atoms with Crippen molar-refractivity contribution in [2.45, 2.75) is 110 Å². The van der Waals surface area contributed by atoms with Crippen LogP contribution in [0.2, 0.25) is 0 Å². The summed E-state index contributed by atoms with van der Waals surface area (Å²) in [6.07, 6.45) is 19.9. The highest BCUT2D eigenvalue weighted by molar-refractivity contribution is 5.94. The Bertz CT molecular complexity index is 662. The fourth-order valence-corrected chi connectivity index (χ4v) is 4.00. The van der Waals surface area contributed by atoms with Gasteiger partial charge in [0.15, 0.2) is 0 Å². The van der Waals surface area contributed by atoms with Gasteiger partial charge in [-0.1, -0.05) is 96.8 Å². The number of hydrogen-bond acceptors (Lipinski definition) is 4. The summed E-state index contributed by atoms with van der Waals surface area (Å²) >= 11 is 0. The first-order valence-corrected chi connectivity index (χ1v) is 12.7. The van der Waals surface area contributed by atoms with E-state index in [9.17, 15) is 14.9 Å². The SMILES string of the molecule is CCCCCCCCCCCCCCCCCC(=O)Nc1cc([N+](=O)[O-])ccc1N(C)C. The molecule has 1 N–H and O–H groups in total. The van der Waals surface area contributed by atoms with Crippen molar-refractivity contribution in [1.29, 1.82) is 0 Å². The van der Waals surface area contributed by atoms with E-state index in [1.54, 1.807) is 6.07 Å². The summed E-state index contributed by atoms with van der Waals surface area (Å²) in [4.78, 5) is 24.7. The highest BCUT2D eigenvalue weighted by Crippen LogP contribution is 2.29. The summed E-state index contributed by atoms with van der Waals surface area (Å²) < 4.78 is 0. The summed E-state index contributed by atoms with van der Waals surface area (Å²) in [5.74, 6) is -0.0803. The number of nitrogens with one attached hydrogen (secondary N) is 1. The average Bonchev–Trinajstić information content (AvgIpc) is 2.76. The first-order valence-electron chi connectivity index (χ1n) is 12.7. The van der Waals surface area contributed by atoms with Crippen molar-refractivity contribution in [1.82, 2.24) is 0 Å².